The third-order valence-electron chi connectivity index (χ3n) is 2.94. The fraction of sp³-hybridized carbons (Fsp3) is 0.333. The van der Waals surface area contributed by atoms with Crippen LogP contribution in [0.25, 0.3) is 0 Å². The zero-order chi connectivity index (χ0) is 14.5. The fourth-order valence-corrected chi connectivity index (χ4v) is 1.83. The van der Waals surface area contributed by atoms with Crippen LogP contribution < -0.4 is 11.1 Å². The van der Waals surface area contributed by atoms with Crippen molar-refractivity contribution >= 4 is 11.6 Å². The number of nitrogens with one attached hydrogen (secondary N) is 1. The molecule has 1 atom stereocenters. The van der Waals surface area contributed by atoms with E-state index in [0.717, 1.165) is 5.56 Å². The van der Waals surface area contributed by atoms with Gasteiger partial charge >= 0.3 is 0 Å². The molecule has 1 aromatic heterocycles. The van der Waals surface area contributed by atoms with Gasteiger partial charge in [0.25, 0.3) is 0 Å². The van der Waals surface area contributed by atoms with E-state index in [-0.39, 0.29) is 5.92 Å². The van der Waals surface area contributed by atoms with E-state index in [1.807, 2.05) is 44.2 Å². The van der Waals surface area contributed by atoms with Crippen LogP contribution in [-0.2, 0) is 0 Å². The number of aliphatic hydroxyl groups excluding tert-OH is 1. The third-order valence-corrected chi connectivity index (χ3v) is 2.94. The molecule has 20 heavy (non-hydrogen) atoms. The summed E-state index contributed by atoms with van der Waals surface area (Å²) in [6, 6.07) is 11.2. The summed E-state index contributed by atoms with van der Waals surface area (Å²) in [4.78, 5) is 8.57. The second-order valence-corrected chi connectivity index (χ2v) is 5.00. The molecule has 0 radical (unpaired) electrons. The standard InChI is InChI=1S/C15H20N4O/c1-10(2)15-18-13(16)8-14(19-15)17-9-12(20)11-6-4-3-5-7-11/h3-8,10,12,20H,9H2,1-2H3,(H3,16,17,18,19). The summed E-state index contributed by atoms with van der Waals surface area (Å²) in [6.07, 6.45) is -0.588. The summed E-state index contributed by atoms with van der Waals surface area (Å²) in [7, 11) is 0. The van der Waals surface area contributed by atoms with Crippen molar-refractivity contribution in [2.45, 2.75) is 25.9 Å². The van der Waals surface area contributed by atoms with Crippen LogP contribution >= 0.6 is 0 Å². The van der Waals surface area contributed by atoms with E-state index in [4.69, 9.17) is 5.73 Å². The molecule has 5 heteroatoms. The van der Waals surface area contributed by atoms with E-state index in [2.05, 4.69) is 15.3 Å². The number of nitrogen functional groups attached to an aromatic ring is 1. The van der Waals surface area contributed by atoms with E-state index >= 15 is 0 Å². The Kier molecular flexibility index (Phi) is 4.53. The molecule has 0 saturated heterocycles. The molecule has 106 valence electrons. The molecule has 0 fully saturated rings. The summed E-state index contributed by atoms with van der Waals surface area (Å²) in [5.41, 5.74) is 6.63. The molecule has 0 aliphatic rings. The van der Waals surface area contributed by atoms with Crippen molar-refractivity contribution in [3.8, 4) is 0 Å². The lowest BCUT2D eigenvalue weighted by molar-refractivity contribution is 0.191. The molecule has 0 aliphatic heterocycles. The average Bonchev–Trinajstić information content (AvgIpc) is 2.45. The van der Waals surface area contributed by atoms with Gasteiger partial charge in [-0.25, -0.2) is 9.97 Å². The van der Waals surface area contributed by atoms with Gasteiger partial charge in [0.1, 0.15) is 17.5 Å². The largest absolute Gasteiger partial charge is 0.387 e. The Labute approximate surface area is 118 Å². The smallest absolute Gasteiger partial charge is 0.135 e. The Morgan fingerprint density at radius 2 is 1.90 bits per heavy atom. The number of aromatic nitrogens is 2. The Hall–Kier alpha value is -2.14. The minimum atomic E-state index is -0.588. The lowest BCUT2D eigenvalue weighted by Gasteiger charge is -2.14. The van der Waals surface area contributed by atoms with Crippen LogP contribution in [-0.4, -0.2) is 21.6 Å². The maximum atomic E-state index is 10.1. The number of nitrogens with zero attached hydrogens (tertiary/aromatic N) is 2. The molecule has 0 bridgehead atoms. The van der Waals surface area contributed by atoms with Gasteiger partial charge in [-0.15, -0.1) is 0 Å². The zero-order valence-corrected chi connectivity index (χ0v) is 11.7. The van der Waals surface area contributed by atoms with Gasteiger partial charge in [0.2, 0.25) is 0 Å². The van der Waals surface area contributed by atoms with Crippen molar-refractivity contribution in [2.75, 3.05) is 17.6 Å². The summed E-state index contributed by atoms with van der Waals surface area (Å²) in [6.45, 7) is 4.40. The lowest BCUT2D eigenvalue weighted by atomic mass is 10.1. The molecular weight excluding hydrogens is 252 g/mol. The quantitative estimate of drug-likeness (QED) is 0.778. The van der Waals surface area contributed by atoms with Crippen molar-refractivity contribution in [1.29, 1.82) is 0 Å². The lowest BCUT2D eigenvalue weighted by Crippen LogP contribution is -2.14. The van der Waals surface area contributed by atoms with Crippen molar-refractivity contribution in [3.63, 3.8) is 0 Å². The molecule has 4 N–H and O–H groups in total. The van der Waals surface area contributed by atoms with E-state index < -0.39 is 6.10 Å². The monoisotopic (exact) mass is 272 g/mol. The summed E-state index contributed by atoms with van der Waals surface area (Å²) in [5, 5.41) is 13.2. The van der Waals surface area contributed by atoms with E-state index in [1.165, 1.54) is 0 Å². The van der Waals surface area contributed by atoms with Gasteiger partial charge in [-0.1, -0.05) is 44.2 Å². The third kappa shape index (κ3) is 3.68. The van der Waals surface area contributed by atoms with Gasteiger partial charge in [-0.05, 0) is 5.56 Å². The first-order valence-corrected chi connectivity index (χ1v) is 6.67. The molecule has 1 aromatic carbocycles. The number of rotatable bonds is 5. The van der Waals surface area contributed by atoms with Gasteiger partial charge in [-0.2, -0.15) is 0 Å². The maximum absolute atomic E-state index is 10.1. The highest BCUT2D eigenvalue weighted by Gasteiger charge is 2.09. The molecule has 0 saturated carbocycles. The molecule has 2 rings (SSSR count). The topological polar surface area (TPSA) is 84.1 Å². The van der Waals surface area contributed by atoms with E-state index in [0.29, 0.717) is 24.0 Å². The Bertz CT molecular complexity index is 557. The van der Waals surface area contributed by atoms with Crippen molar-refractivity contribution in [1.82, 2.24) is 9.97 Å². The second-order valence-electron chi connectivity index (χ2n) is 5.00. The Morgan fingerprint density at radius 1 is 1.20 bits per heavy atom. The fourth-order valence-electron chi connectivity index (χ4n) is 1.83. The molecule has 0 aliphatic carbocycles. The van der Waals surface area contributed by atoms with Crippen LogP contribution in [0, 0.1) is 0 Å². The first-order valence-electron chi connectivity index (χ1n) is 6.67. The van der Waals surface area contributed by atoms with Gasteiger partial charge in [0.05, 0.1) is 6.10 Å². The van der Waals surface area contributed by atoms with Crippen LogP contribution in [0.5, 0.6) is 0 Å². The summed E-state index contributed by atoms with van der Waals surface area (Å²) in [5.74, 6) is 1.97. The summed E-state index contributed by atoms with van der Waals surface area (Å²) < 4.78 is 0. The first kappa shape index (κ1) is 14.3. The van der Waals surface area contributed by atoms with Crippen LogP contribution in [0.3, 0.4) is 0 Å². The predicted molar refractivity (Wildman–Crippen MR) is 80.4 cm³/mol. The number of aliphatic hydroxyl groups is 1. The molecule has 1 unspecified atom stereocenters. The van der Waals surface area contributed by atoms with Crippen LogP contribution in [0.4, 0.5) is 11.6 Å². The molecular formula is C15H20N4O. The van der Waals surface area contributed by atoms with Crippen LogP contribution in [0.2, 0.25) is 0 Å². The molecule has 0 amide bonds. The normalized spacial score (nSPS) is 12.4. The van der Waals surface area contributed by atoms with Crippen molar-refractivity contribution in [3.05, 3.63) is 47.8 Å². The summed E-state index contributed by atoms with van der Waals surface area (Å²) >= 11 is 0. The predicted octanol–water partition coefficient (Wildman–Crippen LogP) is 2.33. The molecule has 5 nitrogen and oxygen atoms in total. The average molecular weight is 272 g/mol. The number of hydrogen-bond donors (Lipinski definition) is 3. The van der Waals surface area contributed by atoms with Gasteiger partial charge in [0, 0.05) is 18.5 Å². The van der Waals surface area contributed by atoms with E-state index in [9.17, 15) is 5.11 Å². The highest BCUT2D eigenvalue weighted by atomic mass is 16.3. The van der Waals surface area contributed by atoms with Gasteiger partial charge in [0.15, 0.2) is 0 Å². The molecule has 2 aromatic rings. The van der Waals surface area contributed by atoms with Crippen molar-refractivity contribution < 1.29 is 5.11 Å². The van der Waals surface area contributed by atoms with Gasteiger partial charge in [-0.3, -0.25) is 0 Å². The first-order chi connectivity index (χ1) is 9.56. The maximum Gasteiger partial charge on any atom is 0.135 e. The zero-order valence-electron chi connectivity index (χ0n) is 11.7. The highest BCUT2D eigenvalue weighted by molar-refractivity contribution is 5.45. The minimum absolute atomic E-state index is 0.207. The SMILES string of the molecule is CC(C)c1nc(N)cc(NCC(O)c2ccccc2)n1. The van der Waals surface area contributed by atoms with Crippen LogP contribution in [0.1, 0.15) is 37.3 Å². The number of benzene rings is 1. The molecule has 1 heterocycles. The number of anilines is 2. The molecule has 0 spiro atoms. The van der Waals surface area contributed by atoms with Crippen LogP contribution in [0.15, 0.2) is 36.4 Å². The Balaban J connectivity index is 2.04. The van der Waals surface area contributed by atoms with Crippen molar-refractivity contribution in [2.24, 2.45) is 0 Å². The minimum Gasteiger partial charge on any atom is -0.387 e. The highest BCUT2D eigenvalue weighted by Crippen LogP contribution is 2.17. The second kappa shape index (κ2) is 6.34. The Morgan fingerprint density at radius 3 is 2.55 bits per heavy atom. The van der Waals surface area contributed by atoms with E-state index in [1.54, 1.807) is 6.07 Å². The number of hydrogen-bond acceptors (Lipinski definition) is 5. The van der Waals surface area contributed by atoms with Gasteiger partial charge < -0.3 is 16.2 Å². The number of nitrogens with two attached hydrogens (primary N) is 1.